The molecule has 0 atom stereocenters. The minimum atomic E-state index is -2.98. The first-order valence-electron chi connectivity index (χ1n) is 19.9. The molecule has 4 heterocycles. The number of para-hydroxylation sites is 3. The van der Waals surface area contributed by atoms with E-state index in [2.05, 4.69) is 200 Å². The maximum Gasteiger partial charge on any atom is 0.179 e. The third-order valence-electron chi connectivity index (χ3n) is 12.4. The van der Waals surface area contributed by atoms with Gasteiger partial charge in [0.15, 0.2) is 8.07 Å². The van der Waals surface area contributed by atoms with Gasteiger partial charge in [-0.15, -0.1) is 0 Å². The Balaban J connectivity index is 1.18. The normalized spacial score (nSPS) is 13.4. The third-order valence-corrected chi connectivity index (χ3v) is 17.1. The summed E-state index contributed by atoms with van der Waals surface area (Å²) in [5.74, 6) is 2.76. The van der Waals surface area contributed by atoms with Crippen molar-refractivity contribution in [1.29, 1.82) is 0 Å². The first-order valence-corrected chi connectivity index (χ1v) is 21.9. The van der Waals surface area contributed by atoms with Gasteiger partial charge in [0.25, 0.3) is 0 Å². The Labute approximate surface area is 338 Å². The highest BCUT2D eigenvalue weighted by Crippen LogP contribution is 2.50. The van der Waals surface area contributed by atoms with Crippen molar-refractivity contribution in [1.82, 2.24) is 19.1 Å². The highest BCUT2D eigenvalue weighted by molar-refractivity contribution is 7.20. The van der Waals surface area contributed by atoms with E-state index in [1.807, 2.05) is 18.3 Å². The summed E-state index contributed by atoms with van der Waals surface area (Å²) in [5, 5.41) is 7.41. The number of aromatic nitrogens is 4. The number of imidazole rings is 1. The first kappa shape index (κ1) is 34.2. The van der Waals surface area contributed by atoms with Crippen LogP contribution >= 0.6 is 0 Å². The van der Waals surface area contributed by atoms with Gasteiger partial charge in [0, 0.05) is 51.8 Å². The summed E-state index contributed by atoms with van der Waals surface area (Å²) in [6.45, 7) is 4.60. The van der Waals surface area contributed by atoms with Crippen LogP contribution in [0.5, 0.6) is 11.5 Å². The van der Waals surface area contributed by atoms with Gasteiger partial charge in [0.05, 0.1) is 16.6 Å². The molecule has 0 saturated carbocycles. The van der Waals surface area contributed by atoms with Crippen LogP contribution in [0.3, 0.4) is 0 Å². The topological polar surface area (TPSA) is 44.9 Å². The monoisotopic (exact) mass is 764 g/mol. The maximum atomic E-state index is 6.63. The van der Waals surface area contributed by atoms with E-state index in [-0.39, 0.29) is 5.41 Å². The van der Waals surface area contributed by atoms with Crippen molar-refractivity contribution < 1.29 is 4.74 Å². The summed E-state index contributed by atoms with van der Waals surface area (Å²) >= 11 is 0. The fourth-order valence-corrected chi connectivity index (χ4v) is 14.4. The van der Waals surface area contributed by atoms with E-state index in [0.29, 0.717) is 0 Å². The number of rotatable bonds is 6. The average Bonchev–Trinajstić information content (AvgIpc) is 3.78. The van der Waals surface area contributed by atoms with E-state index in [4.69, 9.17) is 14.7 Å². The molecule has 0 spiro atoms. The molecule has 5 nitrogen and oxygen atoms in total. The fourth-order valence-electron chi connectivity index (χ4n) is 9.59. The number of aryl methyl sites for hydroxylation is 1. The molecule has 58 heavy (non-hydrogen) atoms. The van der Waals surface area contributed by atoms with Crippen molar-refractivity contribution in [2.75, 3.05) is 0 Å². The Bertz CT molecular complexity index is 3160. The van der Waals surface area contributed by atoms with Crippen LogP contribution in [-0.2, 0) is 12.5 Å². The molecule has 0 saturated heterocycles. The van der Waals surface area contributed by atoms with Crippen LogP contribution in [0, 0.1) is 0 Å². The molecule has 0 radical (unpaired) electrons. The standard InChI is InChI=1S/C52H40N4OSi/c1-52(2)43-26-10-13-29-48(43)57-49-33-42-41-25-16-30-53-51(41)56(47(42)34-44(49)52)36-18-15-24-40(32-36)58(37-19-6-4-7-20-37,38-21-8-5-9-22-38)39-23-14-17-35(31-39)50-54-45-27-11-12-28-46(45)55(50)3/h4-34H,1-3H3. The number of fused-ring (bicyclic) bond motifs is 6. The van der Waals surface area contributed by atoms with E-state index in [1.54, 1.807) is 0 Å². The van der Waals surface area contributed by atoms with Gasteiger partial charge in [-0.1, -0.05) is 141 Å². The van der Waals surface area contributed by atoms with Crippen molar-refractivity contribution in [3.8, 4) is 28.6 Å². The Kier molecular flexibility index (Phi) is 7.68. The number of ether oxygens (including phenoxy) is 1. The number of pyridine rings is 1. The predicted octanol–water partition coefficient (Wildman–Crippen LogP) is 9.54. The van der Waals surface area contributed by atoms with Crippen LogP contribution in [0.1, 0.15) is 25.0 Å². The quantitative estimate of drug-likeness (QED) is 0.125. The molecule has 278 valence electrons. The third kappa shape index (κ3) is 5.01. The average molecular weight is 765 g/mol. The summed E-state index contributed by atoms with van der Waals surface area (Å²) < 4.78 is 11.2. The zero-order valence-electron chi connectivity index (χ0n) is 32.6. The Morgan fingerprint density at radius 2 is 1.21 bits per heavy atom. The Hall–Kier alpha value is -7.02. The summed E-state index contributed by atoms with van der Waals surface area (Å²) in [6, 6.07) is 66.2. The molecule has 0 amide bonds. The molecular formula is C52H40N4OSi. The molecule has 10 aromatic rings. The van der Waals surface area contributed by atoms with Gasteiger partial charge in [0.1, 0.15) is 23.0 Å². The highest BCUT2D eigenvalue weighted by atomic mass is 28.3. The largest absolute Gasteiger partial charge is 0.457 e. The van der Waals surface area contributed by atoms with E-state index < -0.39 is 8.07 Å². The van der Waals surface area contributed by atoms with Crippen LogP contribution in [0.25, 0.3) is 50.0 Å². The number of hydrogen-bond acceptors (Lipinski definition) is 3. The Morgan fingerprint density at radius 1 is 0.534 bits per heavy atom. The van der Waals surface area contributed by atoms with Crippen molar-refractivity contribution in [3.63, 3.8) is 0 Å². The van der Waals surface area contributed by atoms with Gasteiger partial charge in [-0.05, 0) is 75.3 Å². The lowest BCUT2D eigenvalue weighted by molar-refractivity contribution is 0.419. The van der Waals surface area contributed by atoms with Crippen LogP contribution < -0.4 is 25.5 Å². The summed E-state index contributed by atoms with van der Waals surface area (Å²) in [4.78, 5) is 10.2. The molecule has 0 N–H and O–H groups in total. The van der Waals surface area contributed by atoms with Gasteiger partial charge >= 0.3 is 0 Å². The van der Waals surface area contributed by atoms with Gasteiger partial charge in [0.2, 0.25) is 0 Å². The molecule has 3 aromatic heterocycles. The van der Waals surface area contributed by atoms with Crippen LogP contribution in [0.4, 0.5) is 0 Å². The van der Waals surface area contributed by atoms with Gasteiger partial charge < -0.3 is 9.30 Å². The summed E-state index contributed by atoms with van der Waals surface area (Å²) in [6.07, 6.45) is 1.90. The molecule has 1 aliphatic rings. The number of nitrogens with zero attached hydrogens (tertiary/aromatic N) is 4. The number of benzene rings is 7. The van der Waals surface area contributed by atoms with Crippen LogP contribution in [-0.4, -0.2) is 27.2 Å². The zero-order valence-corrected chi connectivity index (χ0v) is 33.6. The second-order valence-corrected chi connectivity index (χ2v) is 19.7. The van der Waals surface area contributed by atoms with Gasteiger partial charge in [-0.25, -0.2) is 9.97 Å². The Morgan fingerprint density at radius 3 is 1.98 bits per heavy atom. The fraction of sp³-hybridized carbons (Fsp3) is 0.0769. The van der Waals surface area contributed by atoms with E-state index >= 15 is 0 Å². The lowest BCUT2D eigenvalue weighted by Gasteiger charge is -2.35. The van der Waals surface area contributed by atoms with Crippen molar-refractivity contribution >= 4 is 61.8 Å². The molecule has 6 heteroatoms. The minimum Gasteiger partial charge on any atom is -0.457 e. The van der Waals surface area contributed by atoms with Gasteiger partial charge in [-0.2, -0.15) is 0 Å². The molecule has 0 unspecified atom stereocenters. The number of hydrogen-bond donors (Lipinski definition) is 0. The second-order valence-electron chi connectivity index (χ2n) is 15.9. The SMILES string of the molecule is Cn1c(-c2cccc([Si](c3ccccc3)(c3ccccc3)c3cccc(-n4c5cc6c(cc5c5cccnc54)Oc4ccccc4C6(C)C)c3)c2)nc2ccccc21. The van der Waals surface area contributed by atoms with Crippen molar-refractivity contribution in [3.05, 3.63) is 199 Å². The van der Waals surface area contributed by atoms with Crippen LogP contribution in [0.2, 0.25) is 0 Å². The molecule has 0 fully saturated rings. The molecule has 11 rings (SSSR count). The van der Waals surface area contributed by atoms with Crippen molar-refractivity contribution in [2.45, 2.75) is 19.3 Å². The van der Waals surface area contributed by atoms with E-state index in [0.717, 1.165) is 67.1 Å². The molecule has 0 bridgehead atoms. The smallest absolute Gasteiger partial charge is 0.179 e. The predicted molar refractivity (Wildman–Crippen MR) is 241 cm³/mol. The van der Waals surface area contributed by atoms with Gasteiger partial charge in [-0.3, -0.25) is 4.57 Å². The molecular weight excluding hydrogens is 725 g/mol. The van der Waals surface area contributed by atoms with Crippen molar-refractivity contribution in [2.24, 2.45) is 7.05 Å². The first-order chi connectivity index (χ1) is 28.4. The molecule has 7 aromatic carbocycles. The second kappa shape index (κ2) is 13.0. The lowest BCUT2D eigenvalue weighted by atomic mass is 9.75. The highest BCUT2D eigenvalue weighted by Gasteiger charge is 2.42. The molecule has 0 aliphatic carbocycles. The van der Waals surface area contributed by atoms with Crippen LogP contribution in [0.15, 0.2) is 188 Å². The minimum absolute atomic E-state index is 0.262. The maximum absolute atomic E-state index is 6.63. The van der Waals surface area contributed by atoms with E-state index in [1.165, 1.54) is 26.3 Å². The van der Waals surface area contributed by atoms with E-state index in [9.17, 15) is 0 Å². The molecule has 1 aliphatic heterocycles. The zero-order chi connectivity index (χ0) is 39.0. The summed E-state index contributed by atoms with van der Waals surface area (Å²) in [5.41, 5.74) is 8.39. The summed E-state index contributed by atoms with van der Waals surface area (Å²) in [7, 11) is -0.863. The lowest BCUT2D eigenvalue weighted by Crippen LogP contribution is -2.74.